The van der Waals surface area contributed by atoms with Crippen molar-refractivity contribution in [3.8, 4) is 0 Å². The van der Waals surface area contributed by atoms with Crippen LogP contribution in [0.5, 0.6) is 0 Å². The quantitative estimate of drug-likeness (QED) is 0.603. The second-order valence-corrected chi connectivity index (χ2v) is 7.07. The minimum atomic E-state index is 0.0776. The second kappa shape index (κ2) is 6.85. The van der Waals surface area contributed by atoms with Crippen molar-refractivity contribution < 1.29 is 4.74 Å². The third kappa shape index (κ3) is 3.33. The molecule has 122 valence electrons. The number of aryl methyl sites for hydroxylation is 2. The summed E-state index contributed by atoms with van der Waals surface area (Å²) in [5.74, 6) is 0. The van der Waals surface area contributed by atoms with E-state index >= 15 is 0 Å². The van der Waals surface area contributed by atoms with Crippen molar-refractivity contribution in [1.29, 1.82) is 0 Å². The van der Waals surface area contributed by atoms with Crippen LogP contribution in [0.3, 0.4) is 0 Å². The summed E-state index contributed by atoms with van der Waals surface area (Å²) in [4.78, 5) is 8.06. The van der Waals surface area contributed by atoms with Gasteiger partial charge >= 0.3 is 0 Å². The maximum Gasteiger partial charge on any atom is 0.117 e. The summed E-state index contributed by atoms with van der Waals surface area (Å²) in [6, 6.07) is 6.67. The second-order valence-electron chi connectivity index (χ2n) is 6.12. The Morgan fingerprint density at radius 2 is 2.17 bits per heavy atom. The number of thiophene rings is 1. The van der Waals surface area contributed by atoms with Gasteiger partial charge in [-0.25, -0.2) is 4.99 Å². The first-order chi connectivity index (χ1) is 11.1. The van der Waals surface area contributed by atoms with Crippen LogP contribution in [0.4, 0.5) is 5.69 Å². The van der Waals surface area contributed by atoms with Crippen LogP contribution in [0.25, 0.3) is 0 Å². The first-order valence-electron chi connectivity index (χ1n) is 8.13. The van der Waals surface area contributed by atoms with Gasteiger partial charge in [-0.1, -0.05) is 6.07 Å². The zero-order valence-corrected chi connectivity index (χ0v) is 15.1. The molecule has 2 heterocycles. The van der Waals surface area contributed by atoms with Crippen LogP contribution < -0.4 is 0 Å². The number of benzene rings is 1. The molecular formula is C19H24N2OS. The highest BCUT2D eigenvalue weighted by atomic mass is 32.1. The summed E-state index contributed by atoms with van der Waals surface area (Å²) in [6.45, 7) is 8.15. The van der Waals surface area contributed by atoms with Gasteiger partial charge in [-0.15, -0.1) is 11.3 Å². The number of ether oxygens (including phenoxy) is 1. The fraction of sp³-hybridized carbons (Fsp3) is 0.421. The van der Waals surface area contributed by atoms with Crippen molar-refractivity contribution >= 4 is 23.4 Å². The molecule has 1 aromatic carbocycles. The van der Waals surface area contributed by atoms with Crippen molar-refractivity contribution in [1.82, 2.24) is 4.90 Å². The summed E-state index contributed by atoms with van der Waals surface area (Å²) in [5, 5.41) is 2.15. The first kappa shape index (κ1) is 16.2. The maximum absolute atomic E-state index is 6.10. The Bertz CT molecular complexity index is 720. The van der Waals surface area contributed by atoms with Gasteiger partial charge in [0.15, 0.2) is 0 Å². The van der Waals surface area contributed by atoms with E-state index in [2.05, 4.69) is 54.2 Å². The standard InChI is InChI=1S/C19H24N2OS/c1-5-21(4)12-20-17-11-15-6-8-22-18(16(15)10-14(17)3)19-13(2)7-9-23-19/h7,9-12,18H,5-6,8H2,1-4H3/b20-12+. The fourth-order valence-corrected chi connectivity index (χ4v) is 3.84. The molecule has 0 radical (unpaired) electrons. The summed E-state index contributed by atoms with van der Waals surface area (Å²) in [5.41, 5.74) is 6.26. The predicted molar refractivity (Wildman–Crippen MR) is 98.2 cm³/mol. The van der Waals surface area contributed by atoms with Crippen molar-refractivity contribution in [2.75, 3.05) is 20.2 Å². The molecule has 0 bridgehead atoms. The predicted octanol–water partition coefficient (Wildman–Crippen LogP) is 4.64. The SMILES string of the molecule is CCN(C)/C=N/c1cc2c(cc1C)C(c1sccc1C)OCC2. The highest BCUT2D eigenvalue weighted by molar-refractivity contribution is 7.10. The van der Waals surface area contributed by atoms with Gasteiger partial charge in [-0.2, -0.15) is 0 Å². The lowest BCUT2D eigenvalue weighted by molar-refractivity contribution is 0.0718. The molecule has 1 aromatic heterocycles. The van der Waals surface area contributed by atoms with E-state index in [9.17, 15) is 0 Å². The van der Waals surface area contributed by atoms with Gasteiger partial charge < -0.3 is 9.64 Å². The molecule has 0 N–H and O–H groups in total. The van der Waals surface area contributed by atoms with Crippen LogP contribution in [-0.2, 0) is 11.2 Å². The van der Waals surface area contributed by atoms with Crippen LogP contribution in [-0.4, -0.2) is 31.4 Å². The van der Waals surface area contributed by atoms with Crippen LogP contribution in [0, 0.1) is 13.8 Å². The highest BCUT2D eigenvalue weighted by Gasteiger charge is 2.25. The molecule has 1 aliphatic rings. The van der Waals surface area contributed by atoms with Gasteiger partial charge in [0.1, 0.15) is 6.10 Å². The van der Waals surface area contributed by atoms with Gasteiger partial charge in [0.2, 0.25) is 0 Å². The summed E-state index contributed by atoms with van der Waals surface area (Å²) in [6.07, 6.45) is 2.95. The van der Waals surface area contributed by atoms with Gasteiger partial charge in [0.25, 0.3) is 0 Å². The van der Waals surface area contributed by atoms with Crippen LogP contribution in [0.1, 0.15) is 40.2 Å². The Kier molecular flexibility index (Phi) is 4.83. The first-order valence-corrected chi connectivity index (χ1v) is 9.01. The van der Waals surface area contributed by atoms with E-state index in [4.69, 9.17) is 4.74 Å². The monoisotopic (exact) mass is 328 g/mol. The molecule has 0 spiro atoms. The Morgan fingerprint density at radius 3 is 2.87 bits per heavy atom. The molecule has 0 fully saturated rings. The van der Waals surface area contributed by atoms with Crippen molar-refractivity contribution in [2.24, 2.45) is 4.99 Å². The van der Waals surface area contributed by atoms with E-state index < -0.39 is 0 Å². The normalized spacial score (nSPS) is 17.5. The lowest BCUT2D eigenvalue weighted by Gasteiger charge is -2.27. The minimum Gasteiger partial charge on any atom is -0.368 e. The maximum atomic E-state index is 6.10. The molecule has 0 saturated heterocycles. The lowest BCUT2D eigenvalue weighted by atomic mass is 9.93. The molecule has 23 heavy (non-hydrogen) atoms. The summed E-state index contributed by atoms with van der Waals surface area (Å²) in [7, 11) is 2.04. The Hall–Kier alpha value is -1.65. The third-order valence-corrected chi connectivity index (χ3v) is 5.49. The number of aliphatic imine (C=N–C) groups is 1. The van der Waals surface area contributed by atoms with Gasteiger partial charge in [0, 0.05) is 18.5 Å². The molecule has 0 saturated carbocycles. The van der Waals surface area contributed by atoms with E-state index in [-0.39, 0.29) is 6.10 Å². The zero-order chi connectivity index (χ0) is 16.4. The number of hydrogen-bond acceptors (Lipinski definition) is 3. The van der Waals surface area contributed by atoms with E-state index in [1.165, 1.54) is 27.1 Å². The van der Waals surface area contributed by atoms with Crippen molar-refractivity contribution in [3.05, 3.63) is 50.7 Å². The number of hydrogen-bond donors (Lipinski definition) is 0. The average molecular weight is 328 g/mol. The minimum absolute atomic E-state index is 0.0776. The van der Waals surface area contributed by atoms with E-state index in [0.29, 0.717) is 0 Å². The average Bonchev–Trinajstić information content (AvgIpc) is 2.98. The summed E-state index contributed by atoms with van der Waals surface area (Å²) < 4.78 is 6.10. The van der Waals surface area contributed by atoms with E-state index in [0.717, 1.165) is 25.3 Å². The van der Waals surface area contributed by atoms with E-state index in [1.54, 1.807) is 11.3 Å². The topological polar surface area (TPSA) is 24.8 Å². The Labute approximate surface area is 142 Å². The largest absolute Gasteiger partial charge is 0.368 e. The number of fused-ring (bicyclic) bond motifs is 1. The zero-order valence-electron chi connectivity index (χ0n) is 14.3. The lowest BCUT2D eigenvalue weighted by Crippen LogP contribution is -2.17. The van der Waals surface area contributed by atoms with Crippen LogP contribution in [0.15, 0.2) is 28.6 Å². The van der Waals surface area contributed by atoms with Crippen LogP contribution >= 0.6 is 11.3 Å². The number of rotatable bonds is 4. The molecule has 2 aromatic rings. The third-order valence-electron chi connectivity index (χ3n) is 4.43. The molecule has 3 nitrogen and oxygen atoms in total. The summed E-state index contributed by atoms with van der Waals surface area (Å²) >= 11 is 1.79. The van der Waals surface area contributed by atoms with Gasteiger partial charge in [0.05, 0.1) is 18.6 Å². The molecule has 1 unspecified atom stereocenters. The van der Waals surface area contributed by atoms with Crippen molar-refractivity contribution in [2.45, 2.75) is 33.3 Å². The molecule has 1 atom stereocenters. The number of nitrogens with zero attached hydrogens (tertiary/aromatic N) is 2. The molecular weight excluding hydrogens is 304 g/mol. The van der Waals surface area contributed by atoms with E-state index in [1.807, 2.05) is 13.4 Å². The smallest absolute Gasteiger partial charge is 0.117 e. The van der Waals surface area contributed by atoms with Crippen LogP contribution in [0.2, 0.25) is 0 Å². The van der Waals surface area contributed by atoms with Crippen molar-refractivity contribution in [3.63, 3.8) is 0 Å². The molecule has 0 amide bonds. The molecule has 4 heteroatoms. The Balaban J connectivity index is 1.97. The van der Waals surface area contributed by atoms with Gasteiger partial charge in [-0.3, -0.25) is 0 Å². The molecule has 1 aliphatic heterocycles. The highest BCUT2D eigenvalue weighted by Crippen LogP contribution is 2.39. The fourth-order valence-electron chi connectivity index (χ4n) is 2.85. The molecule has 3 rings (SSSR count). The molecule has 0 aliphatic carbocycles. The van der Waals surface area contributed by atoms with Gasteiger partial charge in [-0.05, 0) is 67.0 Å². The Morgan fingerprint density at radius 1 is 1.35 bits per heavy atom.